The highest BCUT2D eigenvalue weighted by atomic mass is 79.9. The maximum Gasteiger partial charge on any atom is 0.231 e. The lowest BCUT2D eigenvalue weighted by Crippen LogP contribution is -2.19. The van der Waals surface area contributed by atoms with E-state index in [1.165, 1.54) is 0 Å². The highest BCUT2D eigenvalue weighted by Crippen LogP contribution is 2.34. The van der Waals surface area contributed by atoms with Gasteiger partial charge in [0.25, 0.3) is 0 Å². The second-order valence-corrected chi connectivity index (χ2v) is 7.69. The minimum atomic E-state index is 0.250. The number of aromatic nitrogens is 2. The molecule has 0 aliphatic carbocycles. The fourth-order valence-electron chi connectivity index (χ4n) is 3.02. The fourth-order valence-corrected chi connectivity index (χ4v) is 3.54. The van der Waals surface area contributed by atoms with Gasteiger partial charge in [-0.15, -0.1) is 0 Å². The van der Waals surface area contributed by atoms with E-state index >= 15 is 0 Å². The molecule has 28 heavy (non-hydrogen) atoms. The quantitative estimate of drug-likeness (QED) is 0.545. The third kappa shape index (κ3) is 3.98. The first kappa shape index (κ1) is 18.8. The molecule has 2 heterocycles. The smallest absolute Gasteiger partial charge is 0.231 e. The molecule has 1 aromatic heterocycles. The van der Waals surface area contributed by atoms with E-state index in [4.69, 9.17) is 21.7 Å². The molecule has 0 fully saturated rings. The zero-order valence-corrected chi connectivity index (χ0v) is 17.9. The lowest BCUT2D eigenvalue weighted by Gasteiger charge is -2.12. The molecule has 0 radical (unpaired) electrons. The minimum absolute atomic E-state index is 0.250. The van der Waals surface area contributed by atoms with E-state index in [9.17, 15) is 0 Å². The number of aryl methyl sites for hydroxylation is 1. The van der Waals surface area contributed by atoms with Gasteiger partial charge in [-0.25, -0.2) is 0 Å². The summed E-state index contributed by atoms with van der Waals surface area (Å²) >= 11 is 9.01. The van der Waals surface area contributed by atoms with Gasteiger partial charge in [0.2, 0.25) is 6.79 Å². The lowest BCUT2D eigenvalue weighted by atomic mass is 10.2. The first-order valence-corrected chi connectivity index (χ1v) is 9.96. The van der Waals surface area contributed by atoms with Crippen molar-refractivity contribution in [2.24, 2.45) is 0 Å². The Morgan fingerprint density at radius 1 is 1.11 bits per heavy atom. The lowest BCUT2D eigenvalue weighted by molar-refractivity contribution is 0.174. The molecule has 8 heteroatoms. The minimum Gasteiger partial charge on any atom is -0.454 e. The van der Waals surface area contributed by atoms with Crippen molar-refractivity contribution in [3.8, 4) is 11.5 Å². The summed E-state index contributed by atoms with van der Waals surface area (Å²) in [5, 5.41) is 11.5. The van der Waals surface area contributed by atoms with Crippen LogP contribution in [0.15, 0.2) is 46.9 Å². The molecule has 4 rings (SSSR count). The third-order valence-electron chi connectivity index (χ3n) is 4.44. The maximum absolute atomic E-state index is 5.44. The molecule has 6 nitrogen and oxygen atoms in total. The van der Waals surface area contributed by atoms with Crippen molar-refractivity contribution in [1.82, 2.24) is 9.78 Å². The highest BCUT2D eigenvalue weighted by Gasteiger charge is 2.14. The molecule has 2 N–H and O–H groups in total. The summed E-state index contributed by atoms with van der Waals surface area (Å²) in [7, 11) is 0. The maximum atomic E-state index is 5.44. The summed E-state index contributed by atoms with van der Waals surface area (Å²) in [6.45, 7) is 4.98. The molecule has 0 bridgehead atoms. The number of fused-ring (bicyclic) bond motifs is 1. The van der Waals surface area contributed by atoms with Crippen molar-refractivity contribution in [2.45, 2.75) is 20.4 Å². The van der Waals surface area contributed by atoms with Crippen molar-refractivity contribution in [3.63, 3.8) is 0 Å². The number of nitrogens with one attached hydrogen (secondary N) is 2. The first-order valence-electron chi connectivity index (χ1n) is 8.76. The molecular weight excluding hydrogens is 440 g/mol. The molecule has 1 aliphatic rings. The number of nitrogens with zero attached hydrogens (tertiary/aromatic N) is 2. The molecular formula is C20H19BrN4O2S. The molecule has 0 saturated carbocycles. The molecule has 0 spiro atoms. The van der Waals surface area contributed by atoms with Gasteiger partial charge in [-0.05, 0) is 71.8 Å². The summed E-state index contributed by atoms with van der Waals surface area (Å²) in [5.74, 6) is 1.46. The van der Waals surface area contributed by atoms with E-state index in [-0.39, 0.29) is 6.79 Å². The largest absolute Gasteiger partial charge is 0.454 e. The second kappa shape index (κ2) is 7.81. The van der Waals surface area contributed by atoms with Gasteiger partial charge in [-0.3, -0.25) is 4.68 Å². The van der Waals surface area contributed by atoms with Crippen LogP contribution in [0.25, 0.3) is 0 Å². The number of hydrogen-bond acceptors (Lipinski definition) is 4. The molecule has 3 aromatic rings. The number of thiocarbonyl (C=S) groups is 1. The van der Waals surface area contributed by atoms with E-state index in [2.05, 4.69) is 50.7 Å². The molecule has 1 aliphatic heterocycles. The van der Waals surface area contributed by atoms with E-state index in [0.29, 0.717) is 17.4 Å². The van der Waals surface area contributed by atoms with Crippen LogP contribution in [-0.4, -0.2) is 21.7 Å². The average molecular weight is 459 g/mol. The zero-order valence-electron chi connectivity index (χ0n) is 15.5. The number of rotatable bonds is 4. The SMILES string of the molecule is Cc1nn(Cc2cccc(NC(=S)Nc3ccc4c(c3)OCO4)c2)c(C)c1Br. The summed E-state index contributed by atoms with van der Waals surface area (Å²) in [4.78, 5) is 0. The van der Waals surface area contributed by atoms with Gasteiger partial charge >= 0.3 is 0 Å². The van der Waals surface area contributed by atoms with E-state index in [1.807, 2.05) is 41.9 Å². The molecule has 144 valence electrons. The van der Waals surface area contributed by atoms with Crippen molar-refractivity contribution < 1.29 is 9.47 Å². The molecule has 0 saturated heterocycles. The highest BCUT2D eigenvalue weighted by molar-refractivity contribution is 9.10. The first-order chi connectivity index (χ1) is 13.5. The topological polar surface area (TPSA) is 60.3 Å². The van der Waals surface area contributed by atoms with Crippen LogP contribution in [0.1, 0.15) is 17.0 Å². The summed E-state index contributed by atoms with van der Waals surface area (Å²) in [6.07, 6.45) is 0. The van der Waals surface area contributed by atoms with Crippen LogP contribution in [-0.2, 0) is 6.54 Å². The normalized spacial score (nSPS) is 12.1. The summed E-state index contributed by atoms with van der Waals surface area (Å²) in [5.41, 5.74) is 4.98. The van der Waals surface area contributed by atoms with Crippen LogP contribution < -0.4 is 20.1 Å². The monoisotopic (exact) mass is 458 g/mol. The second-order valence-electron chi connectivity index (χ2n) is 6.49. The molecule has 0 amide bonds. The van der Waals surface area contributed by atoms with Crippen LogP contribution in [0.4, 0.5) is 11.4 Å². The molecule has 0 unspecified atom stereocenters. The number of anilines is 2. The van der Waals surface area contributed by atoms with Gasteiger partial charge < -0.3 is 20.1 Å². The summed E-state index contributed by atoms with van der Waals surface area (Å²) in [6, 6.07) is 13.8. The van der Waals surface area contributed by atoms with Gasteiger partial charge in [0.15, 0.2) is 16.6 Å². The van der Waals surface area contributed by atoms with Crippen molar-refractivity contribution in [2.75, 3.05) is 17.4 Å². The Balaban J connectivity index is 1.42. The Morgan fingerprint density at radius 2 is 1.86 bits per heavy atom. The third-order valence-corrected chi connectivity index (χ3v) is 5.79. The summed E-state index contributed by atoms with van der Waals surface area (Å²) < 4.78 is 13.8. The standard InChI is InChI=1S/C20H19BrN4O2S/c1-12-19(21)13(2)25(24-12)10-14-4-3-5-15(8-14)22-20(28)23-16-6-7-17-18(9-16)27-11-26-17/h3-9H,10-11H2,1-2H3,(H2,22,23,28). The van der Waals surface area contributed by atoms with Gasteiger partial charge in [0, 0.05) is 17.4 Å². The van der Waals surface area contributed by atoms with Gasteiger partial charge in [0.05, 0.1) is 22.4 Å². The Hall–Kier alpha value is -2.58. The van der Waals surface area contributed by atoms with Crippen LogP contribution >= 0.6 is 28.1 Å². The Bertz CT molecular complexity index is 1050. The molecule has 0 atom stereocenters. The Kier molecular flexibility index (Phi) is 5.23. The van der Waals surface area contributed by atoms with E-state index in [1.54, 1.807) is 0 Å². The van der Waals surface area contributed by atoms with E-state index in [0.717, 1.165) is 38.5 Å². The Morgan fingerprint density at radius 3 is 2.61 bits per heavy atom. The number of benzene rings is 2. The van der Waals surface area contributed by atoms with E-state index < -0.39 is 0 Å². The molecule has 2 aromatic carbocycles. The van der Waals surface area contributed by atoms with Crippen molar-refractivity contribution in [1.29, 1.82) is 0 Å². The van der Waals surface area contributed by atoms with Crippen LogP contribution in [0.5, 0.6) is 11.5 Å². The van der Waals surface area contributed by atoms with Gasteiger partial charge in [-0.2, -0.15) is 5.10 Å². The van der Waals surface area contributed by atoms with Gasteiger partial charge in [-0.1, -0.05) is 12.1 Å². The van der Waals surface area contributed by atoms with Crippen molar-refractivity contribution >= 4 is 44.6 Å². The fraction of sp³-hybridized carbons (Fsp3) is 0.200. The average Bonchev–Trinajstić information content (AvgIpc) is 3.22. The van der Waals surface area contributed by atoms with Crippen LogP contribution in [0.2, 0.25) is 0 Å². The predicted molar refractivity (Wildman–Crippen MR) is 117 cm³/mol. The van der Waals surface area contributed by atoms with Gasteiger partial charge in [0.1, 0.15) is 0 Å². The number of halogens is 1. The number of hydrogen-bond donors (Lipinski definition) is 2. The van der Waals surface area contributed by atoms with Crippen LogP contribution in [0, 0.1) is 13.8 Å². The van der Waals surface area contributed by atoms with Crippen LogP contribution in [0.3, 0.4) is 0 Å². The van der Waals surface area contributed by atoms with Crippen molar-refractivity contribution in [3.05, 3.63) is 63.9 Å². The zero-order chi connectivity index (χ0) is 19.7. The Labute approximate surface area is 177 Å². The predicted octanol–water partition coefficient (Wildman–Crippen LogP) is 4.85. The number of ether oxygens (including phenoxy) is 2.